The average Bonchev–Trinajstić information content (AvgIpc) is 2.25. The molecule has 3 heteroatoms. The zero-order chi connectivity index (χ0) is 12.2. The third-order valence-electron chi connectivity index (χ3n) is 2.05. The molecular formula is C13H18O2Si. The standard InChI is InChI=1S/C13H18O2Si/c1-15-13-6-5-11(12(9-13)10-14)7-8-16(2,3)4/h5-6,9,14H,10H2,1-4H3. The molecule has 86 valence electrons. The Hall–Kier alpha value is -1.24. The molecule has 0 bridgehead atoms. The first-order valence-electron chi connectivity index (χ1n) is 5.27. The molecule has 0 aliphatic heterocycles. The first kappa shape index (κ1) is 12.8. The molecule has 1 N–H and O–H groups in total. The predicted molar refractivity (Wildman–Crippen MR) is 69.1 cm³/mol. The molecule has 0 spiro atoms. The highest BCUT2D eigenvalue weighted by molar-refractivity contribution is 6.83. The van der Waals surface area contributed by atoms with E-state index in [4.69, 9.17) is 4.74 Å². The molecule has 1 aromatic carbocycles. The lowest BCUT2D eigenvalue weighted by Gasteiger charge is -2.06. The number of aliphatic hydroxyl groups is 1. The predicted octanol–water partition coefficient (Wildman–Crippen LogP) is 2.42. The Labute approximate surface area is 98.3 Å². The van der Waals surface area contributed by atoms with Gasteiger partial charge in [0.05, 0.1) is 13.7 Å². The molecule has 0 aliphatic rings. The van der Waals surface area contributed by atoms with Crippen LogP contribution in [0.4, 0.5) is 0 Å². The molecule has 0 amide bonds. The molecule has 0 saturated heterocycles. The summed E-state index contributed by atoms with van der Waals surface area (Å²) in [6.45, 7) is 6.58. The number of methoxy groups -OCH3 is 1. The summed E-state index contributed by atoms with van der Waals surface area (Å²) >= 11 is 0. The molecule has 2 nitrogen and oxygen atoms in total. The fourth-order valence-electron chi connectivity index (χ4n) is 1.20. The van der Waals surface area contributed by atoms with E-state index in [0.29, 0.717) is 0 Å². The first-order valence-corrected chi connectivity index (χ1v) is 8.77. The van der Waals surface area contributed by atoms with E-state index in [0.717, 1.165) is 16.9 Å². The molecule has 1 aromatic rings. The lowest BCUT2D eigenvalue weighted by Crippen LogP contribution is -2.16. The van der Waals surface area contributed by atoms with Crippen molar-refractivity contribution in [3.63, 3.8) is 0 Å². The molecule has 16 heavy (non-hydrogen) atoms. The topological polar surface area (TPSA) is 29.5 Å². The molecule has 0 radical (unpaired) electrons. The van der Waals surface area contributed by atoms with Gasteiger partial charge in [-0.25, -0.2) is 0 Å². The fraction of sp³-hybridized carbons (Fsp3) is 0.385. The second-order valence-corrected chi connectivity index (χ2v) is 9.43. The maximum Gasteiger partial charge on any atom is 0.129 e. The van der Waals surface area contributed by atoms with Crippen molar-refractivity contribution in [1.29, 1.82) is 0 Å². The molecule has 1 rings (SSSR count). The zero-order valence-corrected chi connectivity index (χ0v) is 11.3. The van der Waals surface area contributed by atoms with Crippen LogP contribution in [0.25, 0.3) is 0 Å². The minimum absolute atomic E-state index is 0.00703. The van der Waals surface area contributed by atoms with Gasteiger partial charge in [-0.3, -0.25) is 0 Å². The Bertz CT molecular complexity index is 422. The van der Waals surface area contributed by atoms with Gasteiger partial charge in [-0.15, -0.1) is 5.54 Å². The summed E-state index contributed by atoms with van der Waals surface area (Å²) in [5, 5.41) is 9.26. The van der Waals surface area contributed by atoms with Crippen LogP contribution in [0.5, 0.6) is 5.75 Å². The summed E-state index contributed by atoms with van der Waals surface area (Å²) in [4.78, 5) is 0. The maximum absolute atomic E-state index is 9.26. The van der Waals surface area contributed by atoms with Crippen molar-refractivity contribution in [3.05, 3.63) is 29.3 Å². The van der Waals surface area contributed by atoms with E-state index in [9.17, 15) is 5.11 Å². The minimum Gasteiger partial charge on any atom is -0.497 e. The van der Waals surface area contributed by atoms with Gasteiger partial charge in [0.1, 0.15) is 13.8 Å². The number of rotatable bonds is 2. The molecular weight excluding hydrogens is 216 g/mol. The van der Waals surface area contributed by atoms with E-state index >= 15 is 0 Å². The normalized spacial score (nSPS) is 10.6. The van der Waals surface area contributed by atoms with Crippen LogP contribution in [0.1, 0.15) is 11.1 Å². The van der Waals surface area contributed by atoms with Crippen LogP contribution in [0.2, 0.25) is 19.6 Å². The average molecular weight is 234 g/mol. The Balaban J connectivity index is 3.08. The molecule has 0 fully saturated rings. The van der Waals surface area contributed by atoms with E-state index < -0.39 is 8.07 Å². The van der Waals surface area contributed by atoms with Crippen LogP contribution >= 0.6 is 0 Å². The van der Waals surface area contributed by atoms with E-state index in [2.05, 4.69) is 31.1 Å². The number of hydrogen-bond acceptors (Lipinski definition) is 2. The van der Waals surface area contributed by atoms with Crippen molar-refractivity contribution in [3.8, 4) is 17.2 Å². The molecule has 0 atom stereocenters. The van der Waals surface area contributed by atoms with Crippen molar-refractivity contribution in [2.75, 3.05) is 7.11 Å². The van der Waals surface area contributed by atoms with Gasteiger partial charge >= 0.3 is 0 Å². The van der Waals surface area contributed by atoms with Crippen LogP contribution in [0, 0.1) is 11.5 Å². The number of ether oxygens (including phenoxy) is 1. The van der Waals surface area contributed by atoms with Gasteiger partial charge in [0, 0.05) is 5.56 Å². The van der Waals surface area contributed by atoms with Crippen LogP contribution in [0.15, 0.2) is 18.2 Å². The highest BCUT2D eigenvalue weighted by Crippen LogP contribution is 2.17. The number of benzene rings is 1. The lowest BCUT2D eigenvalue weighted by atomic mass is 10.1. The Morgan fingerprint density at radius 1 is 1.31 bits per heavy atom. The molecule has 0 saturated carbocycles. The van der Waals surface area contributed by atoms with Crippen LogP contribution in [0.3, 0.4) is 0 Å². The quantitative estimate of drug-likeness (QED) is 0.629. The summed E-state index contributed by atoms with van der Waals surface area (Å²) < 4.78 is 5.11. The Kier molecular flexibility index (Phi) is 4.16. The largest absolute Gasteiger partial charge is 0.497 e. The van der Waals surface area contributed by atoms with Crippen molar-refractivity contribution in [2.24, 2.45) is 0 Å². The van der Waals surface area contributed by atoms with E-state index in [1.807, 2.05) is 18.2 Å². The zero-order valence-electron chi connectivity index (χ0n) is 10.3. The Morgan fingerprint density at radius 3 is 2.50 bits per heavy atom. The highest BCUT2D eigenvalue weighted by atomic mass is 28.3. The van der Waals surface area contributed by atoms with Gasteiger partial charge in [0.25, 0.3) is 0 Å². The minimum atomic E-state index is -1.37. The van der Waals surface area contributed by atoms with Gasteiger partial charge in [-0.05, 0) is 23.8 Å². The number of hydrogen-bond donors (Lipinski definition) is 1. The van der Waals surface area contributed by atoms with Gasteiger partial charge in [-0.2, -0.15) is 0 Å². The Morgan fingerprint density at radius 2 is 2.00 bits per heavy atom. The van der Waals surface area contributed by atoms with Gasteiger partial charge in [0.2, 0.25) is 0 Å². The summed E-state index contributed by atoms with van der Waals surface area (Å²) in [6.07, 6.45) is 0. The van der Waals surface area contributed by atoms with E-state index in [-0.39, 0.29) is 6.61 Å². The van der Waals surface area contributed by atoms with Gasteiger partial charge in [-0.1, -0.05) is 25.6 Å². The third kappa shape index (κ3) is 3.73. The van der Waals surface area contributed by atoms with E-state index in [1.165, 1.54) is 0 Å². The van der Waals surface area contributed by atoms with Crippen molar-refractivity contribution in [1.82, 2.24) is 0 Å². The van der Waals surface area contributed by atoms with Crippen LogP contribution < -0.4 is 4.74 Å². The van der Waals surface area contributed by atoms with Crippen molar-refractivity contribution in [2.45, 2.75) is 26.2 Å². The summed E-state index contributed by atoms with van der Waals surface area (Å²) in [6, 6.07) is 5.60. The van der Waals surface area contributed by atoms with Crippen molar-refractivity contribution >= 4 is 8.07 Å². The SMILES string of the molecule is COc1ccc(C#C[Si](C)(C)C)c(CO)c1. The number of aliphatic hydroxyl groups excluding tert-OH is 1. The second-order valence-electron chi connectivity index (χ2n) is 4.68. The van der Waals surface area contributed by atoms with Gasteiger partial charge in [0.15, 0.2) is 0 Å². The summed E-state index contributed by atoms with van der Waals surface area (Å²) in [5.74, 6) is 3.90. The fourth-order valence-corrected chi connectivity index (χ4v) is 1.71. The smallest absolute Gasteiger partial charge is 0.129 e. The van der Waals surface area contributed by atoms with Crippen LogP contribution in [-0.4, -0.2) is 20.3 Å². The monoisotopic (exact) mass is 234 g/mol. The maximum atomic E-state index is 9.26. The second kappa shape index (κ2) is 5.20. The van der Waals surface area contributed by atoms with Crippen LogP contribution in [-0.2, 0) is 6.61 Å². The third-order valence-corrected chi connectivity index (χ3v) is 2.93. The molecule has 0 unspecified atom stereocenters. The molecule has 0 aromatic heterocycles. The summed E-state index contributed by atoms with van der Waals surface area (Å²) in [7, 11) is 0.243. The lowest BCUT2D eigenvalue weighted by molar-refractivity contribution is 0.280. The summed E-state index contributed by atoms with van der Waals surface area (Å²) in [5.41, 5.74) is 5.01. The highest BCUT2D eigenvalue weighted by Gasteiger charge is 2.08. The first-order chi connectivity index (χ1) is 7.46. The molecule has 0 heterocycles. The molecule has 0 aliphatic carbocycles. The van der Waals surface area contributed by atoms with Gasteiger partial charge < -0.3 is 9.84 Å². The van der Waals surface area contributed by atoms with Crippen molar-refractivity contribution < 1.29 is 9.84 Å². The van der Waals surface area contributed by atoms with E-state index in [1.54, 1.807) is 7.11 Å².